The number of benzene rings is 2. The summed E-state index contributed by atoms with van der Waals surface area (Å²) in [5.41, 5.74) is 3.12. The Hall–Kier alpha value is -2.80. The molecule has 2 amide bonds. The number of rotatable bonds is 7. The maximum Gasteiger partial charge on any atom is 0.251 e. The fourth-order valence-electron chi connectivity index (χ4n) is 2.88. The zero-order chi connectivity index (χ0) is 19.5. The maximum absolute atomic E-state index is 12.3. The van der Waals surface area contributed by atoms with Crippen LogP contribution in [-0.4, -0.2) is 33.6 Å². The molecule has 1 aromatic heterocycles. The smallest absolute Gasteiger partial charge is 0.251 e. The van der Waals surface area contributed by atoms with E-state index in [4.69, 9.17) is 0 Å². The highest BCUT2D eigenvalue weighted by Crippen LogP contribution is 2.27. The SMILES string of the molecule is CC(SCC(=O)Nc1cccc(C(=O)NC2CC2)c1)c1nc2ccccc2[nH]1. The van der Waals surface area contributed by atoms with Crippen LogP contribution in [0.1, 0.15) is 41.2 Å². The summed E-state index contributed by atoms with van der Waals surface area (Å²) in [4.78, 5) is 32.3. The summed E-state index contributed by atoms with van der Waals surface area (Å²) in [5.74, 6) is 0.966. The average molecular weight is 395 g/mol. The van der Waals surface area contributed by atoms with Crippen molar-refractivity contribution in [2.75, 3.05) is 11.1 Å². The molecule has 1 atom stereocenters. The highest BCUT2D eigenvalue weighted by molar-refractivity contribution is 8.00. The Morgan fingerprint density at radius 1 is 1.21 bits per heavy atom. The number of carbonyl (C=O) groups excluding carboxylic acids is 2. The van der Waals surface area contributed by atoms with Crippen molar-refractivity contribution in [3.05, 3.63) is 59.9 Å². The van der Waals surface area contributed by atoms with E-state index in [1.165, 1.54) is 11.8 Å². The maximum atomic E-state index is 12.3. The van der Waals surface area contributed by atoms with Crippen molar-refractivity contribution in [1.29, 1.82) is 0 Å². The van der Waals surface area contributed by atoms with Crippen LogP contribution < -0.4 is 10.6 Å². The average Bonchev–Trinajstić information content (AvgIpc) is 3.40. The molecule has 0 radical (unpaired) electrons. The summed E-state index contributed by atoms with van der Waals surface area (Å²) < 4.78 is 0. The molecule has 1 saturated carbocycles. The fourth-order valence-corrected chi connectivity index (χ4v) is 3.62. The molecule has 7 heteroatoms. The second-order valence-electron chi connectivity index (χ2n) is 6.97. The van der Waals surface area contributed by atoms with Crippen molar-refractivity contribution in [1.82, 2.24) is 15.3 Å². The molecule has 144 valence electrons. The van der Waals surface area contributed by atoms with Crippen LogP contribution in [0.3, 0.4) is 0 Å². The van der Waals surface area contributed by atoms with Gasteiger partial charge >= 0.3 is 0 Å². The molecular weight excluding hydrogens is 372 g/mol. The van der Waals surface area contributed by atoms with Crippen LogP contribution in [0.15, 0.2) is 48.5 Å². The number of hydrogen-bond donors (Lipinski definition) is 3. The lowest BCUT2D eigenvalue weighted by molar-refractivity contribution is -0.113. The van der Waals surface area contributed by atoms with Gasteiger partial charge in [-0.1, -0.05) is 18.2 Å². The van der Waals surface area contributed by atoms with Crippen LogP contribution in [0.5, 0.6) is 0 Å². The van der Waals surface area contributed by atoms with Crippen LogP contribution in [-0.2, 0) is 4.79 Å². The van der Waals surface area contributed by atoms with Gasteiger partial charge in [-0.15, -0.1) is 11.8 Å². The van der Waals surface area contributed by atoms with E-state index in [1.807, 2.05) is 31.2 Å². The summed E-state index contributed by atoms with van der Waals surface area (Å²) in [7, 11) is 0. The number of aromatic amines is 1. The predicted octanol–water partition coefficient (Wildman–Crippen LogP) is 3.89. The summed E-state index contributed by atoms with van der Waals surface area (Å²) in [6, 6.07) is 15.2. The minimum absolute atomic E-state index is 0.0637. The molecule has 3 N–H and O–H groups in total. The lowest BCUT2D eigenvalue weighted by Crippen LogP contribution is -2.25. The Bertz CT molecular complexity index is 979. The number of nitrogens with zero attached hydrogens (tertiary/aromatic N) is 1. The molecule has 1 aliphatic rings. The Kier molecular flexibility index (Phi) is 5.34. The van der Waals surface area contributed by atoms with E-state index in [0.717, 1.165) is 29.7 Å². The quantitative estimate of drug-likeness (QED) is 0.567. The van der Waals surface area contributed by atoms with Gasteiger partial charge in [0.05, 0.1) is 22.0 Å². The van der Waals surface area contributed by atoms with Gasteiger partial charge in [0, 0.05) is 17.3 Å². The molecule has 3 aromatic rings. The number of hydrogen-bond acceptors (Lipinski definition) is 4. The van der Waals surface area contributed by atoms with Crippen molar-refractivity contribution >= 4 is 40.3 Å². The molecule has 6 nitrogen and oxygen atoms in total. The van der Waals surface area contributed by atoms with Gasteiger partial charge in [-0.2, -0.15) is 0 Å². The lowest BCUT2D eigenvalue weighted by Gasteiger charge is -2.10. The molecule has 4 rings (SSSR count). The van der Waals surface area contributed by atoms with Gasteiger partial charge in [0.15, 0.2) is 0 Å². The predicted molar refractivity (Wildman–Crippen MR) is 113 cm³/mol. The third-order valence-corrected chi connectivity index (χ3v) is 5.73. The van der Waals surface area contributed by atoms with Gasteiger partial charge in [-0.05, 0) is 50.1 Å². The minimum Gasteiger partial charge on any atom is -0.349 e. The molecule has 28 heavy (non-hydrogen) atoms. The Morgan fingerprint density at radius 3 is 2.82 bits per heavy atom. The second-order valence-corrected chi connectivity index (χ2v) is 8.30. The van der Waals surface area contributed by atoms with Crippen molar-refractivity contribution in [2.24, 2.45) is 0 Å². The van der Waals surface area contributed by atoms with Gasteiger partial charge in [-0.25, -0.2) is 4.98 Å². The zero-order valence-corrected chi connectivity index (χ0v) is 16.4. The molecule has 0 saturated heterocycles. The number of aromatic nitrogens is 2. The van der Waals surface area contributed by atoms with E-state index in [-0.39, 0.29) is 17.1 Å². The standard InChI is InChI=1S/C21H22N4O2S/c1-13(20-24-17-7-2-3-8-18(17)25-20)28-12-19(26)22-16-6-4-5-14(11-16)21(27)23-15-9-10-15/h2-8,11,13,15H,9-10,12H2,1H3,(H,22,26)(H,23,27)(H,24,25). The molecule has 0 spiro atoms. The second kappa shape index (κ2) is 8.06. The molecule has 0 bridgehead atoms. The minimum atomic E-state index is -0.104. The van der Waals surface area contributed by atoms with E-state index in [9.17, 15) is 9.59 Å². The third-order valence-electron chi connectivity index (χ3n) is 4.58. The van der Waals surface area contributed by atoms with Gasteiger partial charge in [-0.3, -0.25) is 9.59 Å². The summed E-state index contributed by atoms with van der Waals surface area (Å²) >= 11 is 1.51. The number of imidazole rings is 1. The lowest BCUT2D eigenvalue weighted by atomic mass is 10.2. The first-order valence-electron chi connectivity index (χ1n) is 9.35. The molecule has 2 aromatic carbocycles. The number of nitrogens with one attached hydrogen (secondary N) is 3. The summed E-state index contributed by atoms with van der Waals surface area (Å²) in [6.45, 7) is 2.03. The monoisotopic (exact) mass is 394 g/mol. The number of amides is 2. The number of carbonyl (C=O) groups is 2. The zero-order valence-electron chi connectivity index (χ0n) is 15.6. The van der Waals surface area contributed by atoms with Crippen LogP contribution >= 0.6 is 11.8 Å². The van der Waals surface area contributed by atoms with Crippen LogP contribution in [0.25, 0.3) is 11.0 Å². The Labute approximate surface area is 167 Å². The molecular formula is C21H22N4O2S. The van der Waals surface area contributed by atoms with E-state index in [2.05, 4.69) is 20.6 Å². The van der Waals surface area contributed by atoms with E-state index < -0.39 is 0 Å². The first-order chi connectivity index (χ1) is 13.6. The molecule has 1 heterocycles. The first kappa shape index (κ1) is 18.6. The van der Waals surface area contributed by atoms with Crippen molar-refractivity contribution in [2.45, 2.75) is 31.1 Å². The highest BCUT2D eigenvalue weighted by atomic mass is 32.2. The fraction of sp³-hybridized carbons (Fsp3) is 0.286. The number of H-pyrrole nitrogens is 1. The highest BCUT2D eigenvalue weighted by Gasteiger charge is 2.23. The first-order valence-corrected chi connectivity index (χ1v) is 10.4. The number of para-hydroxylation sites is 2. The Morgan fingerprint density at radius 2 is 2.04 bits per heavy atom. The molecule has 0 aliphatic heterocycles. The van der Waals surface area contributed by atoms with Gasteiger partial charge in [0.1, 0.15) is 5.82 Å². The van der Waals surface area contributed by atoms with Crippen LogP contribution in [0.2, 0.25) is 0 Å². The summed E-state index contributed by atoms with van der Waals surface area (Å²) in [6.07, 6.45) is 2.09. The van der Waals surface area contributed by atoms with Crippen molar-refractivity contribution in [3.8, 4) is 0 Å². The molecule has 1 unspecified atom stereocenters. The number of thioether (sulfide) groups is 1. The third kappa shape index (κ3) is 4.54. The van der Waals surface area contributed by atoms with Crippen LogP contribution in [0.4, 0.5) is 5.69 Å². The largest absolute Gasteiger partial charge is 0.349 e. The Balaban J connectivity index is 1.32. The topological polar surface area (TPSA) is 86.9 Å². The normalized spacial score (nSPS) is 14.6. The number of anilines is 1. The van der Waals surface area contributed by atoms with Crippen molar-refractivity contribution in [3.63, 3.8) is 0 Å². The number of fused-ring (bicyclic) bond motifs is 1. The van der Waals surface area contributed by atoms with E-state index >= 15 is 0 Å². The van der Waals surface area contributed by atoms with Gasteiger partial charge in [0.25, 0.3) is 5.91 Å². The van der Waals surface area contributed by atoms with E-state index in [1.54, 1.807) is 24.3 Å². The molecule has 1 fully saturated rings. The van der Waals surface area contributed by atoms with Gasteiger partial charge < -0.3 is 15.6 Å². The van der Waals surface area contributed by atoms with Crippen LogP contribution in [0, 0.1) is 0 Å². The van der Waals surface area contributed by atoms with E-state index in [0.29, 0.717) is 23.0 Å². The van der Waals surface area contributed by atoms with Crippen molar-refractivity contribution < 1.29 is 9.59 Å². The molecule has 1 aliphatic carbocycles. The summed E-state index contributed by atoms with van der Waals surface area (Å²) in [5, 5.41) is 5.89. The van der Waals surface area contributed by atoms with Gasteiger partial charge in [0.2, 0.25) is 5.91 Å².